The van der Waals surface area contributed by atoms with Gasteiger partial charge in [-0.1, -0.05) is 6.07 Å². The van der Waals surface area contributed by atoms with E-state index in [4.69, 9.17) is 10.5 Å². The molecule has 4 N–H and O–H groups in total. The smallest absolute Gasteiger partial charge is 0.251 e. The summed E-state index contributed by atoms with van der Waals surface area (Å²) in [6, 6.07) is 5.12. The molecular formula is C13H19N3O3. The highest BCUT2D eigenvalue weighted by molar-refractivity contribution is 5.97. The van der Waals surface area contributed by atoms with E-state index in [1.165, 1.54) is 0 Å². The molecule has 6 nitrogen and oxygen atoms in total. The van der Waals surface area contributed by atoms with Crippen molar-refractivity contribution in [3.63, 3.8) is 0 Å². The lowest BCUT2D eigenvalue weighted by Crippen LogP contribution is -2.22. The van der Waals surface area contributed by atoms with Crippen LogP contribution in [0.25, 0.3) is 0 Å². The van der Waals surface area contributed by atoms with Crippen LogP contribution >= 0.6 is 0 Å². The molecule has 1 rings (SSSR count). The van der Waals surface area contributed by atoms with E-state index in [9.17, 15) is 9.59 Å². The van der Waals surface area contributed by atoms with Crippen molar-refractivity contribution in [1.29, 1.82) is 0 Å². The van der Waals surface area contributed by atoms with Crippen molar-refractivity contribution < 1.29 is 14.3 Å². The van der Waals surface area contributed by atoms with Crippen molar-refractivity contribution in [2.75, 3.05) is 32.1 Å². The Kier molecular flexibility index (Phi) is 5.98. The molecule has 0 aliphatic heterocycles. The van der Waals surface area contributed by atoms with Gasteiger partial charge in [0.1, 0.15) is 6.61 Å². The van der Waals surface area contributed by atoms with E-state index in [1.807, 2.05) is 6.92 Å². The number of anilines is 1. The molecule has 1 aromatic carbocycles. The Morgan fingerprint density at radius 1 is 1.37 bits per heavy atom. The van der Waals surface area contributed by atoms with Crippen molar-refractivity contribution in [2.45, 2.75) is 6.92 Å². The second-order valence-corrected chi connectivity index (χ2v) is 4.00. The van der Waals surface area contributed by atoms with Crippen molar-refractivity contribution >= 4 is 17.5 Å². The second-order valence-electron chi connectivity index (χ2n) is 4.00. The van der Waals surface area contributed by atoms with Crippen LogP contribution in [0.5, 0.6) is 0 Å². The lowest BCUT2D eigenvalue weighted by Gasteiger charge is -2.10. The first kappa shape index (κ1) is 15.1. The predicted molar refractivity (Wildman–Crippen MR) is 73.1 cm³/mol. The molecule has 0 heterocycles. The second kappa shape index (κ2) is 7.50. The molecule has 0 fully saturated rings. The molecule has 1 aromatic rings. The number of aryl methyl sites for hydroxylation is 1. The number of carbonyl (C=O) groups excluding carboxylic acids is 2. The minimum Gasteiger partial charge on any atom is -0.370 e. The van der Waals surface area contributed by atoms with E-state index >= 15 is 0 Å². The van der Waals surface area contributed by atoms with Crippen LogP contribution in [0, 0.1) is 6.92 Å². The highest BCUT2D eigenvalue weighted by atomic mass is 16.5. The third kappa shape index (κ3) is 4.69. The molecule has 0 unspecified atom stereocenters. The van der Waals surface area contributed by atoms with E-state index < -0.39 is 0 Å². The van der Waals surface area contributed by atoms with Crippen LogP contribution in [0.3, 0.4) is 0 Å². The molecule has 0 bridgehead atoms. The minimum absolute atomic E-state index is 0.0547. The van der Waals surface area contributed by atoms with Gasteiger partial charge in [-0.3, -0.25) is 9.59 Å². The summed E-state index contributed by atoms with van der Waals surface area (Å²) >= 11 is 0. The van der Waals surface area contributed by atoms with Gasteiger partial charge in [0.2, 0.25) is 5.91 Å². The third-order valence-corrected chi connectivity index (χ3v) is 2.50. The molecule has 0 aromatic heterocycles. The topological polar surface area (TPSA) is 93.5 Å². The van der Waals surface area contributed by atoms with Gasteiger partial charge in [-0.15, -0.1) is 0 Å². The quantitative estimate of drug-likeness (QED) is 0.643. The molecule has 0 atom stereocenters. The van der Waals surface area contributed by atoms with Crippen LogP contribution < -0.4 is 16.4 Å². The zero-order valence-corrected chi connectivity index (χ0v) is 11.2. The monoisotopic (exact) mass is 265 g/mol. The maximum Gasteiger partial charge on any atom is 0.251 e. The molecule has 0 aliphatic rings. The van der Waals surface area contributed by atoms with Crippen molar-refractivity contribution in [1.82, 2.24) is 5.32 Å². The zero-order valence-electron chi connectivity index (χ0n) is 11.2. The molecule has 0 spiro atoms. The Bertz CT molecular complexity index is 460. The molecule has 0 aliphatic carbocycles. The van der Waals surface area contributed by atoms with Gasteiger partial charge >= 0.3 is 0 Å². The average molecular weight is 265 g/mol. The lowest BCUT2D eigenvalue weighted by molar-refractivity contribution is -0.120. The molecule has 6 heteroatoms. The fourth-order valence-electron chi connectivity index (χ4n) is 1.48. The van der Waals surface area contributed by atoms with Crippen LogP contribution in [0.15, 0.2) is 18.2 Å². The first-order chi connectivity index (χ1) is 9.08. The Hall–Kier alpha value is -1.92. The predicted octanol–water partition coefficient (Wildman–Crippen LogP) is 0.268. The van der Waals surface area contributed by atoms with Gasteiger partial charge in [0.15, 0.2) is 0 Å². The molecule has 0 saturated carbocycles. The van der Waals surface area contributed by atoms with E-state index in [2.05, 4.69) is 10.6 Å². The highest BCUT2D eigenvalue weighted by Crippen LogP contribution is 2.16. The summed E-state index contributed by atoms with van der Waals surface area (Å²) in [6.07, 6.45) is 0. The number of amides is 2. The number of ether oxygens (including phenoxy) is 1. The Morgan fingerprint density at radius 2 is 2.11 bits per heavy atom. The number of hydrogen-bond acceptors (Lipinski definition) is 4. The van der Waals surface area contributed by atoms with Crippen LogP contribution in [-0.4, -0.2) is 38.6 Å². The Labute approximate surface area is 112 Å². The fourth-order valence-corrected chi connectivity index (χ4v) is 1.48. The summed E-state index contributed by atoms with van der Waals surface area (Å²) in [5.74, 6) is -0.472. The van der Waals surface area contributed by atoms with Gasteiger partial charge < -0.3 is 21.1 Å². The lowest BCUT2D eigenvalue weighted by atomic mass is 10.1. The number of nitrogens with two attached hydrogens (primary N) is 1. The molecule has 2 amide bonds. The number of rotatable bonds is 6. The SMILES string of the molecule is CNC(=O)c1ccc(C)c(NC(=O)COCCN)c1. The largest absolute Gasteiger partial charge is 0.370 e. The van der Waals surface area contributed by atoms with E-state index in [0.717, 1.165) is 5.56 Å². The van der Waals surface area contributed by atoms with Gasteiger partial charge in [0.05, 0.1) is 6.61 Å². The fraction of sp³-hybridized carbons (Fsp3) is 0.385. The van der Waals surface area contributed by atoms with Crippen LogP contribution in [-0.2, 0) is 9.53 Å². The first-order valence-corrected chi connectivity index (χ1v) is 5.99. The van der Waals surface area contributed by atoms with Crippen molar-refractivity contribution in [3.05, 3.63) is 29.3 Å². The van der Waals surface area contributed by atoms with E-state index in [-0.39, 0.29) is 18.4 Å². The van der Waals surface area contributed by atoms with Crippen molar-refractivity contribution in [2.24, 2.45) is 5.73 Å². The Morgan fingerprint density at radius 3 is 2.74 bits per heavy atom. The summed E-state index contributed by atoms with van der Waals surface area (Å²) in [4.78, 5) is 23.1. The number of benzene rings is 1. The first-order valence-electron chi connectivity index (χ1n) is 5.99. The summed E-state index contributed by atoms with van der Waals surface area (Å²) in [6.45, 7) is 2.51. The van der Waals surface area contributed by atoms with Gasteiger partial charge in [-0.05, 0) is 24.6 Å². The zero-order chi connectivity index (χ0) is 14.3. The van der Waals surface area contributed by atoms with Gasteiger partial charge in [-0.2, -0.15) is 0 Å². The molecule has 104 valence electrons. The van der Waals surface area contributed by atoms with E-state index in [0.29, 0.717) is 24.4 Å². The maximum absolute atomic E-state index is 11.6. The third-order valence-electron chi connectivity index (χ3n) is 2.50. The normalized spacial score (nSPS) is 10.1. The number of nitrogens with one attached hydrogen (secondary N) is 2. The summed E-state index contributed by atoms with van der Waals surface area (Å²) in [5.41, 5.74) is 7.23. The molecular weight excluding hydrogens is 246 g/mol. The Balaban J connectivity index is 2.71. The van der Waals surface area contributed by atoms with Crippen molar-refractivity contribution in [3.8, 4) is 0 Å². The van der Waals surface area contributed by atoms with E-state index in [1.54, 1.807) is 25.2 Å². The minimum atomic E-state index is -0.273. The standard InChI is InChI=1S/C13H19N3O3/c1-9-3-4-10(13(18)15-2)7-11(9)16-12(17)8-19-6-5-14/h3-4,7H,5-6,8,14H2,1-2H3,(H,15,18)(H,16,17). The van der Waals surface area contributed by atoms with Crippen LogP contribution in [0.1, 0.15) is 15.9 Å². The van der Waals surface area contributed by atoms with Crippen LogP contribution in [0.2, 0.25) is 0 Å². The van der Waals surface area contributed by atoms with Crippen LogP contribution in [0.4, 0.5) is 5.69 Å². The summed E-state index contributed by atoms with van der Waals surface area (Å²) < 4.78 is 5.04. The van der Waals surface area contributed by atoms with Gasteiger partial charge in [0.25, 0.3) is 5.91 Å². The van der Waals surface area contributed by atoms with Gasteiger partial charge in [-0.25, -0.2) is 0 Å². The molecule has 0 saturated heterocycles. The summed E-state index contributed by atoms with van der Waals surface area (Å²) in [7, 11) is 1.56. The highest BCUT2D eigenvalue weighted by Gasteiger charge is 2.09. The number of hydrogen-bond donors (Lipinski definition) is 3. The maximum atomic E-state index is 11.6. The van der Waals surface area contributed by atoms with Gasteiger partial charge in [0, 0.05) is 24.8 Å². The molecule has 0 radical (unpaired) electrons. The molecule has 19 heavy (non-hydrogen) atoms. The number of carbonyl (C=O) groups is 2. The average Bonchev–Trinajstić information content (AvgIpc) is 2.40. The summed E-state index contributed by atoms with van der Waals surface area (Å²) in [5, 5.41) is 5.24.